The van der Waals surface area contributed by atoms with Gasteiger partial charge in [-0.05, 0) is 47.5 Å². The second kappa shape index (κ2) is 9.12. The second-order valence-electron chi connectivity index (χ2n) is 6.80. The third-order valence-electron chi connectivity index (χ3n) is 4.62. The molecule has 29 heavy (non-hydrogen) atoms. The lowest BCUT2D eigenvalue weighted by molar-refractivity contribution is -0.314. The Morgan fingerprint density at radius 3 is 1.62 bits per heavy atom. The minimum absolute atomic E-state index is 0.0354. The second-order valence-corrected chi connectivity index (χ2v) is 7.67. The summed E-state index contributed by atoms with van der Waals surface area (Å²) in [5, 5.41) is 16.1. The highest BCUT2D eigenvalue weighted by molar-refractivity contribution is 6.30. The first kappa shape index (κ1) is 20.9. The van der Waals surface area contributed by atoms with E-state index in [0.717, 1.165) is 0 Å². The monoisotopic (exact) mass is 426 g/mol. The molecule has 0 bridgehead atoms. The first-order chi connectivity index (χ1) is 13.9. The smallest absolute Gasteiger partial charge is 0.252 e. The number of carboxylic acids is 1. The van der Waals surface area contributed by atoms with Gasteiger partial charge >= 0.3 is 0 Å². The minimum Gasteiger partial charge on any atom is -0.548 e. The Labute approximate surface area is 179 Å². The Morgan fingerprint density at radius 2 is 1.21 bits per heavy atom. The van der Waals surface area contributed by atoms with E-state index in [2.05, 4.69) is 5.32 Å². The quantitative estimate of drug-likeness (QED) is 0.625. The van der Waals surface area contributed by atoms with E-state index >= 15 is 0 Å². The fourth-order valence-electron chi connectivity index (χ4n) is 3.13. The number of carbonyl (C=O) groups excluding carboxylic acids is 2. The summed E-state index contributed by atoms with van der Waals surface area (Å²) in [4.78, 5) is 25.2. The van der Waals surface area contributed by atoms with Crippen LogP contribution in [0.5, 0.6) is 0 Å². The predicted molar refractivity (Wildman–Crippen MR) is 112 cm³/mol. The van der Waals surface area contributed by atoms with E-state index in [1.54, 1.807) is 78.9 Å². The molecular formula is C23H18Cl2NO3-. The van der Waals surface area contributed by atoms with Crippen molar-refractivity contribution in [3.63, 3.8) is 0 Å². The summed E-state index contributed by atoms with van der Waals surface area (Å²) in [6.45, 7) is 0. The van der Waals surface area contributed by atoms with Gasteiger partial charge in [0.2, 0.25) is 0 Å². The summed E-state index contributed by atoms with van der Waals surface area (Å²) < 4.78 is 0. The summed E-state index contributed by atoms with van der Waals surface area (Å²) in [6, 6.07) is 22.1. The molecule has 0 saturated carbocycles. The van der Waals surface area contributed by atoms with Crippen molar-refractivity contribution in [2.75, 3.05) is 0 Å². The molecule has 148 valence electrons. The first-order valence-electron chi connectivity index (χ1n) is 8.96. The number of halogens is 2. The molecule has 3 aromatic rings. The summed E-state index contributed by atoms with van der Waals surface area (Å²) >= 11 is 11.9. The number of carboxylic acid groups (broad SMARTS) is 1. The van der Waals surface area contributed by atoms with Gasteiger partial charge in [-0.15, -0.1) is 0 Å². The maximum Gasteiger partial charge on any atom is 0.252 e. The fraction of sp³-hybridized carbons (Fsp3) is 0.130. The van der Waals surface area contributed by atoms with Gasteiger partial charge < -0.3 is 15.2 Å². The van der Waals surface area contributed by atoms with Gasteiger partial charge in [-0.25, -0.2) is 0 Å². The van der Waals surface area contributed by atoms with Crippen LogP contribution in [-0.4, -0.2) is 17.4 Å². The van der Waals surface area contributed by atoms with Crippen molar-refractivity contribution < 1.29 is 14.7 Å². The van der Waals surface area contributed by atoms with Crippen molar-refractivity contribution in [1.29, 1.82) is 0 Å². The molecule has 3 aromatic carbocycles. The number of hydrogen-bond donors (Lipinski definition) is 1. The molecule has 0 saturated heterocycles. The molecule has 0 unspecified atom stereocenters. The van der Waals surface area contributed by atoms with Gasteiger partial charge in [-0.2, -0.15) is 0 Å². The third-order valence-corrected chi connectivity index (χ3v) is 5.12. The molecule has 6 heteroatoms. The summed E-state index contributed by atoms with van der Waals surface area (Å²) in [7, 11) is 0. The zero-order valence-electron chi connectivity index (χ0n) is 15.4. The van der Waals surface area contributed by atoms with E-state index in [4.69, 9.17) is 23.2 Å². The number of benzene rings is 3. The Bertz CT molecular complexity index is 939. The Morgan fingerprint density at radius 1 is 0.759 bits per heavy atom. The molecule has 0 radical (unpaired) electrons. The van der Waals surface area contributed by atoms with Crippen molar-refractivity contribution in [2.45, 2.75) is 18.4 Å². The largest absolute Gasteiger partial charge is 0.548 e. The van der Waals surface area contributed by atoms with Gasteiger partial charge in [-0.1, -0.05) is 65.7 Å². The molecule has 4 nitrogen and oxygen atoms in total. The molecule has 0 heterocycles. The van der Waals surface area contributed by atoms with Crippen LogP contribution in [0, 0.1) is 0 Å². The van der Waals surface area contributed by atoms with E-state index in [0.29, 0.717) is 26.7 Å². The van der Waals surface area contributed by atoms with Gasteiger partial charge in [0.1, 0.15) is 0 Å². The molecule has 1 amide bonds. The predicted octanol–water partition coefficient (Wildman–Crippen LogP) is 3.70. The van der Waals surface area contributed by atoms with Gasteiger partial charge in [0, 0.05) is 28.5 Å². The summed E-state index contributed by atoms with van der Waals surface area (Å²) in [5.74, 6) is -1.86. The molecule has 3 rings (SSSR count). The van der Waals surface area contributed by atoms with E-state index in [9.17, 15) is 14.7 Å². The zero-order valence-corrected chi connectivity index (χ0v) is 16.9. The SMILES string of the molecule is O=C(NC(Cc1ccc(Cl)cc1)(Cc1ccc(Cl)cc1)C(=O)[O-])c1ccccc1. The van der Waals surface area contributed by atoms with Crippen molar-refractivity contribution in [3.8, 4) is 0 Å². The van der Waals surface area contributed by atoms with Crippen molar-refractivity contribution in [3.05, 3.63) is 106 Å². The van der Waals surface area contributed by atoms with Crippen molar-refractivity contribution in [1.82, 2.24) is 5.32 Å². The summed E-state index contributed by atoms with van der Waals surface area (Å²) in [6.07, 6.45) is 0.0708. The lowest BCUT2D eigenvalue weighted by Gasteiger charge is -2.36. The number of hydrogen-bond acceptors (Lipinski definition) is 3. The highest BCUT2D eigenvalue weighted by Crippen LogP contribution is 2.23. The van der Waals surface area contributed by atoms with Crippen molar-refractivity contribution in [2.24, 2.45) is 0 Å². The normalized spacial score (nSPS) is 11.1. The highest BCUT2D eigenvalue weighted by atomic mass is 35.5. The Hall–Kier alpha value is -2.82. The van der Waals surface area contributed by atoms with Gasteiger partial charge in [0.15, 0.2) is 0 Å². The summed E-state index contributed by atoms with van der Waals surface area (Å²) in [5.41, 5.74) is 0.126. The number of nitrogens with one attached hydrogen (secondary N) is 1. The molecule has 0 aliphatic heterocycles. The van der Waals surface area contributed by atoms with E-state index in [-0.39, 0.29) is 12.8 Å². The topological polar surface area (TPSA) is 69.2 Å². The fourth-order valence-corrected chi connectivity index (χ4v) is 3.38. The van der Waals surface area contributed by atoms with Crippen LogP contribution in [0.25, 0.3) is 0 Å². The maximum absolute atomic E-state index is 12.8. The standard InChI is InChI=1S/C23H19Cl2NO3/c24-19-10-6-16(7-11-19)14-23(22(28)29,15-17-8-12-20(25)13-9-17)26-21(27)18-4-2-1-3-5-18/h1-13H,14-15H2,(H,26,27)(H,28,29)/p-1. The number of amides is 1. The molecule has 0 atom stereocenters. The van der Waals surface area contributed by atoms with Crippen LogP contribution in [0.3, 0.4) is 0 Å². The highest BCUT2D eigenvalue weighted by Gasteiger charge is 2.34. The van der Waals surface area contributed by atoms with Gasteiger partial charge in [0.05, 0.1) is 11.5 Å². The van der Waals surface area contributed by atoms with Crippen molar-refractivity contribution >= 4 is 35.1 Å². The third kappa shape index (κ3) is 5.37. The Balaban J connectivity index is 1.98. The molecule has 1 N–H and O–H groups in total. The molecule has 0 aromatic heterocycles. The van der Waals surface area contributed by atoms with Crippen LogP contribution in [0.4, 0.5) is 0 Å². The first-order valence-corrected chi connectivity index (χ1v) is 9.71. The van der Waals surface area contributed by atoms with Crippen LogP contribution in [0.2, 0.25) is 10.0 Å². The number of rotatable bonds is 7. The Kier molecular flexibility index (Phi) is 6.57. The maximum atomic E-state index is 12.8. The van der Waals surface area contributed by atoms with E-state index in [1.807, 2.05) is 0 Å². The average Bonchev–Trinajstić information content (AvgIpc) is 2.72. The van der Waals surface area contributed by atoms with Crippen LogP contribution in [0.15, 0.2) is 78.9 Å². The molecule has 0 aliphatic carbocycles. The average molecular weight is 427 g/mol. The molecule has 0 spiro atoms. The van der Waals surface area contributed by atoms with Gasteiger partial charge in [0.25, 0.3) is 5.91 Å². The van der Waals surface area contributed by atoms with Gasteiger partial charge in [-0.3, -0.25) is 4.79 Å². The molecule has 0 aliphatic rings. The molecular weight excluding hydrogens is 409 g/mol. The van der Waals surface area contributed by atoms with Crippen LogP contribution >= 0.6 is 23.2 Å². The lowest BCUT2D eigenvalue weighted by Crippen LogP contribution is -2.62. The zero-order chi connectivity index (χ0) is 20.9. The molecule has 0 fully saturated rings. The number of carbonyl (C=O) groups is 2. The number of aliphatic carboxylic acids is 1. The van der Waals surface area contributed by atoms with Crippen LogP contribution in [-0.2, 0) is 17.6 Å². The van der Waals surface area contributed by atoms with Crippen LogP contribution < -0.4 is 10.4 Å². The van der Waals surface area contributed by atoms with E-state index < -0.39 is 17.4 Å². The van der Waals surface area contributed by atoms with Crippen LogP contribution in [0.1, 0.15) is 21.5 Å². The lowest BCUT2D eigenvalue weighted by atomic mass is 9.84. The van der Waals surface area contributed by atoms with E-state index in [1.165, 1.54) is 0 Å². The minimum atomic E-state index is -1.66.